The van der Waals surface area contributed by atoms with Crippen molar-refractivity contribution >= 4 is 0 Å². The lowest BCUT2D eigenvalue weighted by Crippen LogP contribution is -2.17. The molecule has 0 aromatic carbocycles. The van der Waals surface area contributed by atoms with E-state index in [4.69, 9.17) is 10.3 Å². The maximum absolute atomic E-state index is 6.09. The minimum atomic E-state index is -0.0167. The molecular formula is C13H21N3O. The molecule has 2 aliphatic rings. The van der Waals surface area contributed by atoms with Crippen LogP contribution in [0.15, 0.2) is 4.52 Å². The maximum atomic E-state index is 6.09. The third-order valence-electron chi connectivity index (χ3n) is 4.44. The first-order valence-corrected chi connectivity index (χ1v) is 6.67. The number of nitrogens with two attached hydrogens (primary N) is 1. The molecule has 2 aliphatic carbocycles. The molecule has 2 unspecified atom stereocenters. The molecule has 0 aliphatic heterocycles. The molecule has 0 spiro atoms. The Balaban J connectivity index is 1.80. The van der Waals surface area contributed by atoms with Gasteiger partial charge in [0.05, 0.1) is 6.04 Å². The topological polar surface area (TPSA) is 64.9 Å². The highest BCUT2D eigenvalue weighted by atomic mass is 16.5. The van der Waals surface area contributed by atoms with Crippen LogP contribution in [0, 0.1) is 11.3 Å². The summed E-state index contributed by atoms with van der Waals surface area (Å²) in [6.45, 7) is 4.57. The Hall–Kier alpha value is -0.900. The van der Waals surface area contributed by atoms with Crippen LogP contribution >= 0.6 is 0 Å². The van der Waals surface area contributed by atoms with Gasteiger partial charge in [-0.3, -0.25) is 0 Å². The zero-order chi connectivity index (χ0) is 12.0. The predicted molar refractivity (Wildman–Crippen MR) is 64.3 cm³/mol. The van der Waals surface area contributed by atoms with E-state index >= 15 is 0 Å². The van der Waals surface area contributed by atoms with Crippen molar-refractivity contribution in [1.82, 2.24) is 10.1 Å². The molecule has 2 N–H and O–H groups in total. The average Bonchev–Trinajstić information content (AvgIpc) is 2.91. The van der Waals surface area contributed by atoms with Gasteiger partial charge in [-0.15, -0.1) is 0 Å². The van der Waals surface area contributed by atoms with Crippen molar-refractivity contribution in [3.8, 4) is 0 Å². The quantitative estimate of drug-likeness (QED) is 0.874. The second-order valence-corrected chi connectivity index (χ2v) is 6.29. The lowest BCUT2D eigenvalue weighted by atomic mass is 9.82. The van der Waals surface area contributed by atoms with E-state index in [1.54, 1.807) is 0 Å². The number of hydrogen-bond donors (Lipinski definition) is 1. The van der Waals surface area contributed by atoms with E-state index in [-0.39, 0.29) is 11.5 Å². The summed E-state index contributed by atoms with van der Waals surface area (Å²) in [6, 6.07) is -0.0167. The van der Waals surface area contributed by atoms with E-state index in [1.165, 1.54) is 25.7 Å². The van der Waals surface area contributed by atoms with Gasteiger partial charge < -0.3 is 10.3 Å². The summed E-state index contributed by atoms with van der Waals surface area (Å²) in [4.78, 5) is 4.55. The standard InChI is InChI=1S/C13H21N3O/c1-13(2)7-3-4-9(13)12-15-11(16-17-12)10(14)8-5-6-8/h8-10H,3-7,14H2,1-2H3. The van der Waals surface area contributed by atoms with Crippen LogP contribution < -0.4 is 5.73 Å². The van der Waals surface area contributed by atoms with E-state index in [0.29, 0.717) is 17.7 Å². The summed E-state index contributed by atoms with van der Waals surface area (Å²) in [7, 11) is 0. The summed E-state index contributed by atoms with van der Waals surface area (Å²) in [6.07, 6.45) is 6.07. The Morgan fingerprint density at radius 2 is 2.12 bits per heavy atom. The zero-order valence-corrected chi connectivity index (χ0v) is 10.6. The second-order valence-electron chi connectivity index (χ2n) is 6.29. The minimum Gasteiger partial charge on any atom is -0.339 e. The third kappa shape index (κ3) is 1.99. The van der Waals surface area contributed by atoms with Gasteiger partial charge in [-0.05, 0) is 37.0 Å². The average molecular weight is 235 g/mol. The summed E-state index contributed by atoms with van der Waals surface area (Å²) < 4.78 is 5.44. The second kappa shape index (κ2) is 3.80. The highest BCUT2D eigenvalue weighted by Crippen LogP contribution is 2.48. The molecule has 3 rings (SSSR count). The fourth-order valence-corrected chi connectivity index (χ4v) is 2.97. The van der Waals surface area contributed by atoms with Crippen molar-refractivity contribution < 1.29 is 4.52 Å². The Morgan fingerprint density at radius 1 is 1.35 bits per heavy atom. The molecule has 0 saturated heterocycles. The van der Waals surface area contributed by atoms with Crippen LogP contribution in [0.3, 0.4) is 0 Å². The first-order valence-electron chi connectivity index (χ1n) is 6.67. The smallest absolute Gasteiger partial charge is 0.230 e. The Bertz CT molecular complexity index is 409. The third-order valence-corrected chi connectivity index (χ3v) is 4.44. The van der Waals surface area contributed by atoms with Crippen molar-refractivity contribution in [2.75, 3.05) is 0 Å². The van der Waals surface area contributed by atoms with Gasteiger partial charge in [0.15, 0.2) is 5.82 Å². The Labute approximate surface area is 102 Å². The SMILES string of the molecule is CC1(C)CCCC1c1nc(C(N)C2CC2)no1. The van der Waals surface area contributed by atoms with Crippen LogP contribution in [-0.4, -0.2) is 10.1 Å². The highest BCUT2D eigenvalue weighted by molar-refractivity contribution is 5.07. The monoisotopic (exact) mass is 235 g/mol. The van der Waals surface area contributed by atoms with Crippen LogP contribution in [-0.2, 0) is 0 Å². The first kappa shape index (κ1) is 11.2. The molecule has 2 fully saturated rings. The summed E-state index contributed by atoms with van der Waals surface area (Å²) in [5.74, 6) is 2.51. The van der Waals surface area contributed by atoms with E-state index in [0.717, 1.165) is 12.3 Å². The summed E-state index contributed by atoms with van der Waals surface area (Å²) >= 11 is 0. The molecule has 0 radical (unpaired) electrons. The van der Waals surface area contributed by atoms with Crippen LogP contribution in [0.1, 0.15) is 69.6 Å². The zero-order valence-electron chi connectivity index (χ0n) is 10.6. The van der Waals surface area contributed by atoms with Gasteiger partial charge >= 0.3 is 0 Å². The van der Waals surface area contributed by atoms with Crippen molar-refractivity contribution in [1.29, 1.82) is 0 Å². The Kier molecular flexibility index (Phi) is 2.51. The summed E-state index contributed by atoms with van der Waals surface area (Å²) in [5, 5.41) is 4.08. The van der Waals surface area contributed by atoms with Crippen LogP contribution in [0.5, 0.6) is 0 Å². The number of aromatic nitrogens is 2. The molecule has 2 saturated carbocycles. The molecule has 94 valence electrons. The van der Waals surface area contributed by atoms with E-state index in [1.807, 2.05) is 0 Å². The number of hydrogen-bond acceptors (Lipinski definition) is 4. The van der Waals surface area contributed by atoms with Crippen LogP contribution in [0.2, 0.25) is 0 Å². The molecule has 2 atom stereocenters. The van der Waals surface area contributed by atoms with Crippen molar-refractivity contribution in [2.24, 2.45) is 17.1 Å². The van der Waals surface area contributed by atoms with Gasteiger partial charge in [-0.2, -0.15) is 4.98 Å². The molecule has 1 heterocycles. The van der Waals surface area contributed by atoms with Gasteiger partial charge in [-0.25, -0.2) is 0 Å². The lowest BCUT2D eigenvalue weighted by molar-refractivity contribution is 0.260. The molecule has 4 nitrogen and oxygen atoms in total. The van der Waals surface area contributed by atoms with Crippen LogP contribution in [0.25, 0.3) is 0 Å². The predicted octanol–water partition coefficient (Wildman–Crippen LogP) is 2.77. The molecule has 0 amide bonds. The van der Waals surface area contributed by atoms with Gasteiger partial charge in [0.25, 0.3) is 0 Å². The molecule has 0 bridgehead atoms. The lowest BCUT2D eigenvalue weighted by Gasteiger charge is -2.23. The van der Waals surface area contributed by atoms with Gasteiger partial charge in [0, 0.05) is 5.92 Å². The fraction of sp³-hybridized carbons (Fsp3) is 0.846. The molecule has 17 heavy (non-hydrogen) atoms. The molecular weight excluding hydrogens is 214 g/mol. The van der Waals surface area contributed by atoms with Crippen molar-refractivity contribution in [3.05, 3.63) is 11.7 Å². The highest BCUT2D eigenvalue weighted by Gasteiger charge is 2.40. The molecule has 1 aromatic heterocycles. The maximum Gasteiger partial charge on any atom is 0.230 e. The number of rotatable bonds is 3. The first-order chi connectivity index (χ1) is 8.08. The summed E-state index contributed by atoms with van der Waals surface area (Å²) in [5.41, 5.74) is 6.38. The fourth-order valence-electron chi connectivity index (χ4n) is 2.97. The van der Waals surface area contributed by atoms with Crippen molar-refractivity contribution in [2.45, 2.75) is 57.9 Å². The van der Waals surface area contributed by atoms with E-state index in [9.17, 15) is 0 Å². The Morgan fingerprint density at radius 3 is 2.71 bits per heavy atom. The molecule has 1 aromatic rings. The van der Waals surface area contributed by atoms with Gasteiger partial charge in [0.2, 0.25) is 5.89 Å². The largest absolute Gasteiger partial charge is 0.339 e. The normalized spacial score (nSPS) is 29.5. The van der Waals surface area contributed by atoms with Gasteiger partial charge in [0.1, 0.15) is 0 Å². The van der Waals surface area contributed by atoms with Gasteiger partial charge in [-0.1, -0.05) is 25.4 Å². The minimum absolute atomic E-state index is 0.0167. The van der Waals surface area contributed by atoms with E-state index < -0.39 is 0 Å². The van der Waals surface area contributed by atoms with Crippen LogP contribution in [0.4, 0.5) is 0 Å². The van der Waals surface area contributed by atoms with E-state index in [2.05, 4.69) is 24.0 Å². The molecule has 4 heteroatoms. The van der Waals surface area contributed by atoms with Crippen molar-refractivity contribution in [3.63, 3.8) is 0 Å². The number of nitrogens with zero attached hydrogens (tertiary/aromatic N) is 2.